The molecule has 1 aliphatic carbocycles. The van der Waals surface area contributed by atoms with Crippen molar-refractivity contribution in [2.75, 3.05) is 19.5 Å². The summed E-state index contributed by atoms with van der Waals surface area (Å²) in [6.07, 6.45) is 0.599. The van der Waals surface area contributed by atoms with Crippen molar-refractivity contribution in [2.24, 2.45) is 16.8 Å². The van der Waals surface area contributed by atoms with Gasteiger partial charge in [-0.1, -0.05) is 23.2 Å². The summed E-state index contributed by atoms with van der Waals surface area (Å²) in [5, 5.41) is 4.53. The topological polar surface area (TPSA) is 77.0 Å². The van der Waals surface area contributed by atoms with Crippen LogP contribution in [0.5, 0.6) is 0 Å². The van der Waals surface area contributed by atoms with Crippen LogP contribution in [0, 0.1) is 11.8 Å². The number of rotatable bonds is 5. The van der Waals surface area contributed by atoms with Gasteiger partial charge in [-0.25, -0.2) is 0 Å². The van der Waals surface area contributed by atoms with Crippen LogP contribution in [0.15, 0.2) is 53.5 Å². The van der Waals surface area contributed by atoms with Crippen molar-refractivity contribution in [3.05, 3.63) is 58.6 Å². The first kappa shape index (κ1) is 22.1. The maximum Gasteiger partial charge on any atom is 0.314 e. The van der Waals surface area contributed by atoms with E-state index in [-0.39, 0.29) is 18.4 Å². The van der Waals surface area contributed by atoms with Gasteiger partial charge in [-0.15, -0.1) is 0 Å². The summed E-state index contributed by atoms with van der Waals surface area (Å²) in [6, 6.07) is 13.8. The third-order valence-corrected chi connectivity index (χ3v) is 5.60. The number of aliphatic imine (C=N–C) groups is 1. The van der Waals surface area contributed by atoms with Crippen LogP contribution in [0.1, 0.15) is 12.8 Å². The molecule has 3 unspecified atom stereocenters. The summed E-state index contributed by atoms with van der Waals surface area (Å²) in [7, 11) is 2.69. The highest BCUT2D eigenvalue weighted by Crippen LogP contribution is 2.33. The van der Waals surface area contributed by atoms with Crippen LogP contribution in [-0.2, 0) is 19.1 Å². The highest BCUT2D eigenvalue weighted by Gasteiger charge is 2.42. The lowest BCUT2D eigenvalue weighted by Crippen LogP contribution is -2.46. The number of anilines is 1. The molecule has 0 bridgehead atoms. The van der Waals surface area contributed by atoms with Crippen molar-refractivity contribution in [1.82, 2.24) is 0 Å². The van der Waals surface area contributed by atoms with E-state index in [9.17, 15) is 9.59 Å². The normalized spacial score (nSPS) is 22.4. The molecule has 1 saturated carbocycles. The number of benzene rings is 2. The zero-order chi connectivity index (χ0) is 21.7. The Morgan fingerprint density at radius 3 is 2.07 bits per heavy atom. The molecular formula is C22H22Cl2N2O4. The molecule has 8 heteroatoms. The average Bonchev–Trinajstić information content (AvgIpc) is 2.76. The van der Waals surface area contributed by atoms with Gasteiger partial charge in [0.1, 0.15) is 0 Å². The predicted molar refractivity (Wildman–Crippen MR) is 118 cm³/mol. The van der Waals surface area contributed by atoms with Gasteiger partial charge < -0.3 is 14.8 Å². The molecule has 0 aromatic heterocycles. The molecule has 0 heterocycles. The summed E-state index contributed by atoms with van der Waals surface area (Å²) >= 11 is 11.9. The molecule has 2 aromatic rings. The highest BCUT2D eigenvalue weighted by molar-refractivity contribution is 6.30. The number of hydrogen-bond acceptors (Lipinski definition) is 6. The quantitative estimate of drug-likeness (QED) is 0.656. The Balaban J connectivity index is 1.93. The average molecular weight is 449 g/mol. The summed E-state index contributed by atoms with van der Waals surface area (Å²) < 4.78 is 10.0. The Morgan fingerprint density at radius 2 is 1.50 bits per heavy atom. The van der Waals surface area contributed by atoms with Crippen LogP contribution in [0.4, 0.5) is 11.4 Å². The number of hydrogen-bond donors (Lipinski definition) is 1. The molecule has 0 aliphatic heterocycles. The number of carbonyl (C=O) groups excluding carboxylic acids is 2. The van der Waals surface area contributed by atoms with Crippen LogP contribution in [-0.4, -0.2) is 37.9 Å². The molecular weight excluding hydrogens is 427 g/mol. The summed E-state index contributed by atoms with van der Waals surface area (Å²) in [6.45, 7) is 0. The molecule has 0 radical (unpaired) electrons. The van der Waals surface area contributed by atoms with Crippen molar-refractivity contribution in [3.63, 3.8) is 0 Å². The molecule has 6 nitrogen and oxygen atoms in total. The maximum atomic E-state index is 12.5. The number of ether oxygens (including phenoxy) is 2. The number of nitrogens with zero attached hydrogens (tertiary/aromatic N) is 1. The molecule has 1 N–H and O–H groups in total. The second-order valence-electron chi connectivity index (χ2n) is 6.98. The van der Waals surface area contributed by atoms with Crippen molar-refractivity contribution in [3.8, 4) is 0 Å². The Labute approximate surface area is 185 Å². The van der Waals surface area contributed by atoms with Crippen molar-refractivity contribution in [2.45, 2.75) is 18.9 Å². The number of nitrogens with one attached hydrogen (secondary N) is 1. The van der Waals surface area contributed by atoms with E-state index >= 15 is 0 Å². The monoisotopic (exact) mass is 448 g/mol. The van der Waals surface area contributed by atoms with E-state index in [1.165, 1.54) is 14.2 Å². The SMILES string of the molecule is COC(=O)C1CC(Nc2ccc(Cl)cc2)C(C(=O)OC)CC1=Nc1ccc(Cl)cc1. The molecule has 0 amide bonds. The molecule has 3 atom stereocenters. The second-order valence-corrected chi connectivity index (χ2v) is 7.86. The first-order valence-corrected chi connectivity index (χ1v) is 10.2. The molecule has 158 valence electrons. The Bertz CT molecular complexity index is 929. The maximum absolute atomic E-state index is 12.5. The van der Waals surface area contributed by atoms with Gasteiger partial charge in [0.25, 0.3) is 0 Å². The third kappa shape index (κ3) is 5.32. The van der Waals surface area contributed by atoms with Crippen LogP contribution in [0.2, 0.25) is 10.0 Å². The lowest BCUT2D eigenvalue weighted by atomic mass is 9.76. The minimum atomic E-state index is -0.587. The molecule has 3 rings (SSSR count). The molecule has 0 saturated heterocycles. The third-order valence-electron chi connectivity index (χ3n) is 5.09. The van der Waals surface area contributed by atoms with E-state index in [0.29, 0.717) is 27.9 Å². The summed E-state index contributed by atoms with van der Waals surface area (Å²) in [4.78, 5) is 29.7. The first-order valence-electron chi connectivity index (χ1n) is 9.42. The zero-order valence-electron chi connectivity index (χ0n) is 16.6. The zero-order valence-corrected chi connectivity index (χ0v) is 18.1. The minimum absolute atomic E-state index is 0.264. The summed E-state index contributed by atoms with van der Waals surface area (Å²) in [5.74, 6) is -1.86. The summed E-state index contributed by atoms with van der Waals surface area (Å²) in [5.41, 5.74) is 2.02. The van der Waals surface area contributed by atoms with Crippen molar-refractivity contribution in [1.29, 1.82) is 0 Å². The fourth-order valence-corrected chi connectivity index (χ4v) is 3.81. The van der Waals surface area contributed by atoms with Gasteiger partial charge in [0.15, 0.2) is 0 Å². The van der Waals surface area contributed by atoms with E-state index in [4.69, 9.17) is 32.7 Å². The number of carbonyl (C=O) groups is 2. The van der Waals surface area contributed by atoms with Gasteiger partial charge in [0, 0.05) is 33.9 Å². The molecule has 2 aromatic carbocycles. The largest absolute Gasteiger partial charge is 0.469 e. The lowest BCUT2D eigenvalue weighted by molar-refractivity contribution is -0.148. The van der Waals surface area contributed by atoms with E-state index in [0.717, 1.165) is 5.69 Å². The highest BCUT2D eigenvalue weighted by atomic mass is 35.5. The van der Waals surface area contributed by atoms with Crippen LogP contribution >= 0.6 is 23.2 Å². The van der Waals surface area contributed by atoms with Gasteiger partial charge in [-0.2, -0.15) is 0 Å². The smallest absolute Gasteiger partial charge is 0.314 e. The Hall–Kier alpha value is -2.57. The first-order chi connectivity index (χ1) is 14.4. The standard InChI is InChI=1S/C22H22Cl2N2O4/c1-29-21(27)17-11-20(26-16-9-5-14(24)6-10-16)18(22(28)30-2)12-19(17)25-15-7-3-13(23)4-8-15/h3-10,17-19,25H,11-12H2,1-2H3. The minimum Gasteiger partial charge on any atom is -0.469 e. The van der Waals surface area contributed by atoms with Gasteiger partial charge in [0.2, 0.25) is 0 Å². The molecule has 1 aliphatic rings. The lowest BCUT2D eigenvalue weighted by Gasteiger charge is -2.35. The molecule has 0 spiro atoms. The van der Waals surface area contributed by atoms with Crippen molar-refractivity contribution < 1.29 is 19.1 Å². The van der Waals surface area contributed by atoms with Crippen LogP contribution in [0.3, 0.4) is 0 Å². The molecule has 1 fully saturated rings. The van der Waals surface area contributed by atoms with Crippen molar-refractivity contribution >= 4 is 52.2 Å². The van der Waals surface area contributed by atoms with Gasteiger partial charge >= 0.3 is 11.9 Å². The van der Waals surface area contributed by atoms with Gasteiger partial charge in [-0.3, -0.25) is 14.6 Å². The van der Waals surface area contributed by atoms with E-state index < -0.39 is 17.8 Å². The van der Waals surface area contributed by atoms with E-state index in [1.807, 2.05) is 12.1 Å². The van der Waals surface area contributed by atoms with E-state index in [1.54, 1.807) is 36.4 Å². The Morgan fingerprint density at radius 1 is 0.933 bits per heavy atom. The Kier molecular flexibility index (Phi) is 7.34. The molecule has 30 heavy (non-hydrogen) atoms. The fourth-order valence-electron chi connectivity index (χ4n) is 3.56. The second kappa shape index (κ2) is 9.96. The number of halogens is 2. The fraction of sp³-hybridized carbons (Fsp3) is 0.318. The van der Waals surface area contributed by atoms with Crippen LogP contribution < -0.4 is 5.32 Å². The van der Waals surface area contributed by atoms with Gasteiger partial charge in [-0.05, 0) is 55.0 Å². The number of esters is 2. The predicted octanol–water partition coefficient (Wildman–Crippen LogP) is 4.92. The number of methoxy groups -OCH3 is 2. The van der Waals surface area contributed by atoms with E-state index in [2.05, 4.69) is 10.3 Å². The van der Waals surface area contributed by atoms with Gasteiger partial charge in [0.05, 0.1) is 31.7 Å². The van der Waals surface area contributed by atoms with Crippen LogP contribution in [0.25, 0.3) is 0 Å².